The lowest BCUT2D eigenvalue weighted by atomic mass is 9.98. The maximum Gasteiger partial charge on any atom is 0.460 e. The third-order valence-electron chi connectivity index (χ3n) is 4.83. The van der Waals surface area contributed by atoms with E-state index in [0.29, 0.717) is 17.9 Å². The van der Waals surface area contributed by atoms with Crippen molar-refractivity contribution in [1.82, 2.24) is 0 Å². The molecule has 2 rings (SSSR count). The lowest BCUT2D eigenvalue weighted by Gasteiger charge is -2.39. The average molecular weight is 566 g/mol. The molecule has 0 saturated heterocycles. The molecule has 0 aliphatic rings. The van der Waals surface area contributed by atoms with Gasteiger partial charge >= 0.3 is 35.1 Å². The maximum absolute atomic E-state index is 14.2. The number of benzene rings is 2. The van der Waals surface area contributed by atoms with Gasteiger partial charge in [-0.15, -0.1) is 0 Å². The molecule has 0 aromatic heterocycles. The van der Waals surface area contributed by atoms with Crippen LogP contribution in [0.4, 0.5) is 57.1 Å². The summed E-state index contributed by atoms with van der Waals surface area (Å²) in [4.78, 5) is -1.86. The number of halogens is 13. The lowest BCUT2D eigenvalue weighted by molar-refractivity contribution is -0.433. The van der Waals surface area contributed by atoms with Crippen LogP contribution in [0.15, 0.2) is 53.4 Å². The highest BCUT2D eigenvalue weighted by atomic mass is 32.2. The van der Waals surface area contributed by atoms with Gasteiger partial charge in [0.25, 0.3) is 0 Å². The van der Waals surface area contributed by atoms with Crippen LogP contribution in [0.1, 0.15) is 0 Å². The minimum atomic E-state index is -8.21. The van der Waals surface area contributed by atoms with Crippen LogP contribution in [0.25, 0.3) is 11.1 Å². The number of hydrogen-bond acceptors (Lipinski definition) is 3. The van der Waals surface area contributed by atoms with Gasteiger partial charge in [-0.25, -0.2) is 8.42 Å². The Morgan fingerprint density at radius 2 is 0.917 bits per heavy atom. The molecule has 202 valence electrons. The summed E-state index contributed by atoms with van der Waals surface area (Å²) >= 11 is 0. The molecule has 2 aromatic carbocycles. The molecule has 36 heavy (non-hydrogen) atoms. The quantitative estimate of drug-likeness (QED) is 0.329. The molecule has 0 aliphatic carbocycles. The van der Waals surface area contributed by atoms with Crippen molar-refractivity contribution in [3.05, 3.63) is 48.5 Å². The van der Waals surface area contributed by atoms with E-state index in [-0.39, 0.29) is 23.3 Å². The number of methoxy groups -OCH3 is 1. The normalized spacial score (nSPS) is 14.6. The topological polar surface area (TPSA) is 43.4 Å². The predicted octanol–water partition coefficient (Wildman–Crippen LogP) is 6.83. The molecule has 0 amide bonds. The van der Waals surface area contributed by atoms with Crippen molar-refractivity contribution < 1.29 is 70.2 Å². The average Bonchev–Trinajstić information content (AvgIpc) is 2.77. The van der Waals surface area contributed by atoms with E-state index in [2.05, 4.69) is 0 Å². The third-order valence-corrected chi connectivity index (χ3v) is 6.65. The Labute approximate surface area is 193 Å². The van der Waals surface area contributed by atoms with Crippen LogP contribution in [0.2, 0.25) is 0 Å². The van der Waals surface area contributed by atoms with Crippen molar-refractivity contribution in [1.29, 1.82) is 0 Å². The SMILES string of the molecule is COc1ccc(-c2ccc(S(=O)(=O)C(F)(F)C(F)(F)C(F)(F)C(F)(F)C(F)(F)C(F)(F)F)cc2)cc1. The first-order chi connectivity index (χ1) is 16.0. The second-order valence-electron chi connectivity index (χ2n) is 7.07. The molecule has 0 radical (unpaired) electrons. The highest BCUT2D eigenvalue weighted by Gasteiger charge is 2.92. The Balaban J connectivity index is 2.54. The Morgan fingerprint density at radius 1 is 0.556 bits per heavy atom. The van der Waals surface area contributed by atoms with Crippen LogP contribution in [0, 0.1) is 0 Å². The van der Waals surface area contributed by atoms with Gasteiger partial charge in [-0.2, -0.15) is 57.1 Å². The van der Waals surface area contributed by atoms with Gasteiger partial charge in [-0.05, 0) is 35.4 Å². The molecule has 0 heterocycles. The zero-order chi connectivity index (χ0) is 28.2. The minimum Gasteiger partial charge on any atom is -0.497 e. The van der Waals surface area contributed by atoms with Crippen LogP contribution in [-0.2, 0) is 9.84 Å². The van der Waals surface area contributed by atoms with Crippen LogP contribution < -0.4 is 4.74 Å². The van der Waals surface area contributed by atoms with Crippen molar-refractivity contribution in [3.8, 4) is 16.9 Å². The number of alkyl halides is 13. The summed E-state index contributed by atoms with van der Waals surface area (Å²) in [5.41, 5.74) is 0.325. The fourth-order valence-electron chi connectivity index (χ4n) is 2.68. The second-order valence-corrected chi connectivity index (χ2v) is 9.06. The van der Waals surface area contributed by atoms with E-state index in [1.165, 1.54) is 31.4 Å². The molecule has 0 bridgehead atoms. The van der Waals surface area contributed by atoms with E-state index in [4.69, 9.17) is 4.74 Å². The molecular formula is C19H11F13O3S. The van der Waals surface area contributed by atoms with E-state index in [1.54, 1.807) is 0 Å². The van der Waals surface area contributed by atoms with Crippen LogP contribution in [-0.4, -0.2) is 50.6 Å². The fraction of sp³-hybridized carbons (Fsp3) is 0.368. The van der Waals surface area contributed by atoms with E-state index in [9.17, 15) is 65.5 Å². The molecular weight excluding hydrogens is 555 g/mol. The van der Waals surface area contributed by atoms with E-state index < -0.39 is 49.9 Å². The third kappa shape index (κ3) is 4.14. The summed E-state index contributed by atoms with van der Waals surface area (Å²) in [6.07, 6.45) is -7.60. The predicted molar refractivity (Wildman–Crippen MR) is 96.4 cm³/mol. The van der Waals surface area contributed by atoms with Crippen LogP contribution in [0.3, 0.4) is 0 Å². The molecule has 0 unspecified atom stereocenters. The molecule has 3 nitrogen and oxygen atoms in total. The first-order valence-corrected chi connectivity index (χ1v) is 10.4. The standard InChI is InChI=1S/C19H11F13O3S/c1-35-12-6-2-10(3-7-12)11-4-8-13(9-5-11)36(33,34)19(31,32)17(26,27)15(22,23)14(20,21)16(24,25)18(28,29)30/h2-9H,1H3. The molecule has 0 N–H and O–H groups in total. The van der Waals surface area contributed by atoms with Crippen molar-refractivity contribution in [2.45, 2.75) is 40.0 Å². The second kappa shape index (κ2) is 8.69. The highest BCUT2D eigenvalue weighted by Crippen LogP contribution is 2.61. The van der Waals surface area contributed by atoms with Crippen molar-refractivity contribution in [3.63, 3.8) is 0 Å². The van der Waals surface area contributed by atoms with Crippen molar-refractivity contribution in [2.75, 3.05) is 7.11 Å². The minimum absolute atomic E-state index is 0.0494. The van der Waals surface area contributed by atoms with Gasteiger partial charge in [-0.1, -0.05) is 24.3 Å². The zero-order valence-corrected chi connectivity index (χ0v) is 18.0. The first-order valence-electron chi connectivity index (χ1n) is 8.95. The van der Waals surface area contributed by atoms with Gasteiger partial charge in [0.2, 0.25) is 9.84 Å². The molecule has 2 aromatic rings. The number of sulfone groups is 1. The molecule has 0 saturated carbocycles. The highest BCUT2D eigenvalue weighted by molar-refractivity contribution is 7.92. The number of rotatable bonds is 8. The van der Waals surface area contributed by atoms with E-state index in [0.717, 1.165) is 0 Å². The zero-order valence-electron chi connectivity index (χ0n) is 17.2. The summed E-state index contributed by atoms with van der Waals surface area (Å²) in [5, 5.41) is -7.28. The van der Waals surface area contributed by atoms with Crippen LogP contribution >= 0.6 is 0 Å². The maximum atomic E-state index is 14.2. The van der Waals surface area contributed by atoms with Gasteiger partial charge < -0.3 is 4.74 Å². The summed E-state index contributed by atoms with van der Waals surface area (Å²) in [6.45, 7) is 0. The fourth-order valence-corrected chi connectivity index (χ4v) is 3.94. The lowest BCUT2D eigenvalue weighted by Crippen LogP contribution is -2.71. The monoisotopic (exact) mass is 566 g/mol. The number of hydrogen-bond donors (Lipinski definition) is 0. The van der Waals surface area contributed by atoms with Gasteiger partial charge in [-0.3, -0.25) is 0 Å². The van der Waals surface area contributed by atoms with Crippen molar-refractivity contribution in [2.24, 2.45) is 0 Å². The molecule has 0 fully saturated rings. The Bertz CT molecular complexity index is 1190. The van der Waals surface area contributed by atoms with Gasteiger partial charge in [0.15, 0.2) is 0 Å². The van der Waals surface area contributed by atoms with Crippen molar-refractivity contribution >= 4 is 9.84 Å². The molecule has 0 atom stereocenters. The van der Waals surface area contributed by atoms with Crippen LogP contribution in [0.5, 0.6) is 5.75 Å². The first kappa shape index (κ1) is 29.5. The Hall–Kier alpha value is -2.72. The number of ether oxygens (including phenoxy) is 1. The molecule has 17 heteroatoms. The smallest absolute Gasteiger partial charge is 0.460 e. The van der Waals surface area contributed by atoms with Gasteiger partial charge in [0.1, 0.15) is 5.75 Å². The summed E-state index contributed by atoms with van der Waals surface area (Å²) in [5.74, 6) is -32.0. The Kier molecular flexibility index (Phi) is 7.13. The Morgan fingerprint density at radius 3 is 1.28 bits per heavy atom. The molecule has 0 aliphatic heterocycles. The largest absolute Gasteiger partial charge is 0.497 e. The van der Waals surface area contributed by atoms with Gasteiger partial charge in [0, 0.05) is 0 Å². The summed E-state index contributed by atoms with van der Waals surface area (Å²) < 4.78 is 201. The van der Waals surface area contributed by atoms with E-state index >= 15 is 0 Å². The summed E-state index contributed by atoms with van der Waals surface area (Å²) in [6, 6.07) is 7.32. The summed E-state index contributed by atoms with van der Waals surface area (Å²) in [7, 11) is -5.76. The van der Waals surface area contributed by atoms with Gasteiger partial charge in [0.05, 0.1) is 12.0 Å². The molecule has 0 spiro atoms. The van der Waals surface area contributed by atoms with E-state index in [1.807, 2.05) is 0 Å².